The normalized spacial score (nSPS) is 14.3. The quantitative estimate of drug-likeness (QED) is 0.211. The predicted octanol–water partition coefficient (Wildman–Crippen LogP) is 2.21. The van der Waals surface area contributed by atoms with Crippen LogP contribution in [0.15, 0.2) is 48.0 Å². The van der Waals surface area contributed by atoms with Gasteiger partial charge >= 0.3 is 0 Å². The van der Waals surface area contributed by atoms with Crippen molar-refractivity contribution in [3.8, 4) is 11.8 Å². The maximum absolute atomic E-state index is 14.5. The van der Waals surface area contributed by atoms with Gasteiger partial charge in [-0.1, -0.05) is 45.0 Å². The minimum atomic E-state index is -2.33. The van der Waals surface area contributed by atoms with Crippen LogP contribution in [0.1, 0.15) is 44.4 Å². The van der Waals surface area contributed by atoms with E-state index in [1.165, 1.54) is 56.3 Å². The van der Waals surface area contributed by atoms with E-state index < -0.39 is 59.0 Å². The summed E-state index contributed by atoms with van der Waals surface area (Å²) in [5, 5.41) is 25.4. The molecule has 44 heavy (non-hydrogen) atoms. The van der Waals surface area contributed by atoms with Crippen LogP contribution in [0.5, 0.6) is 5.75 Å². The first-order chi connectivity index (χ1) is 20.4. The van der Waals surface area contributed by atoms with Gasteiger partial charge in [0.2, 0.25) is 17.7 Å². The van der Waals surface area contributed by atoms with E-state index in [0.29, 0.717) is 11.1 Å². The Bertz CT molecular complexity index is 1470. The number of aliphatic hydroxyl groups excluding tert-OH is 1. The molecule has 0 aromatic heterocycles. The second kappa shape index (κ2) is 14.6. The summed E-state index contributed by atoms with van der Waals surface area (Å²) >= 11 is 0. The zero-order chi connectivity index (χ0) is 33.4. The molecular formula is C32H40FN5O6. The molecular weight excluding hydrogens is 569 g/mol. The summed E-state index contributed by atoms with van der Waals surface area (Å²) in [6, 6.07) is 12.6. The van der Waals surface area contributed by atoms with Gasteiger partial charge in [0.25, 0.3) is 5.91 Å². The van der Waals surface area contributed by atoms with Gasteiger partial charge in [-0.25, -0.2) is 4.39 Å². The molecule has 11 nitrogen and oxygen atoms in total. The monoisotopic (exact) mass is 609 g/mol. The number of likely N-dealkylation sites (N-methyl/N-ethyl adjacent to an activating group) is 1. The molecule has 236 valence electrons. The highest BCUT2D eigenvalue weighted by molar-refractivity contribution is 6.01. The fourth-order valence-corrected chi connectivity index (χ4v) is 4.24. The van der Waals surface area contributed by atoms with Crippen molar-refractivity contribution in [3.63, 3.8) is 0 Å². The summed E-state index contributed by atoms with van der Waals surface area (Å²) in [6.07, 6.45) is -0.297. The van der Waals surface area contributed by atoms with Crippen molar-refractivity contribution in [3.05, 3.63) is 70.5 Å². The molecule has 4 amide bonds. The van der Waals surface area contributed by atoms with Crippen molar-refractivity contribution in [1.29, 1.82) is 5.26 Å². The Balaban J connectivity index is 2.53. The number of benzene rings is 2. The van der Waals surface area contributed by atoms with E-state index in [2.05, 4.69) is 10.6 Å². The lowest BCUT2D eigenvalue weighted by atomic mass is 9.77. The van der Waals surface area contributed by atoms with Crippen LogP contribution >= 0.6 is 0 Å². The number of nitrogens with zero attached hydrogens (tertiary/aromatic N) is 2. The third-order valence-corrected chi connectivity index (χ3v) is 6.94. The number of amides is 4. The molecule has 2 rings (SSSR count). The van der Waals surface area contributed by atoms with Crippen LogP contribution in [0.25, 0.3) is 6.08 Å². The van der Waals surface area contributed by atoms with E-state index in [1.807, 2.05) is 6.07 Å². The smallest absolute Gasteiger partial charge is 0.264 e. The lowest BCUT2D eigenvalue weighted by molar-refractivity contribution is -0.149. The third kappa shape index (κ3) is 8.64. The zero-order valence-corrected chi connectivity index (χ0v) is 26.0. The number of carbonyl (C=O) groups excluding carboxylic acids is 4. The maximum atomic E-state index is 14.5. The lowest BCUT2D eigenvalue weighted by Crippen LogP contribution is -2.72. The van der Waals surface area contributed by atoms with Gasteiger partial charge in [-0.05, 0) is 49.2 Å². The summed E-state index contributed by atoms with van der Waals surface area (Å²) < 4.78 is 20.4. The molecule has 0 radical (unpaired) electrons. The molecule has 0 aliphatic rings. The van der Waals surface area contributed by atoms with Gasteiger partial charge in [0.15, 0.2) is 5.54 Å². The van der Waals surface area contributed by atoms with Gasteiger partial charge < -0.3 is 31.1 Å². The van der Waals surface area contributed by atoms with Gasteiger partial charge in [-0.3, -0.25) is 19.2 Å². The molecule has 0 saturated heterocycles. The van der Waals surface area contributed by atoms with Crippen LogP contribution in [0.4, 0.5) is 4.39 Å². The Morgan fingerprint density at radius 3 is 2.34 bits per heavy atom. The third-order valence-electron chi connectivity index (χ3n) is 6.94. The van der Waals surface area contributed by atoms with Gasteiger partial charge in [0.1, 0.15) is 35.7 Å². The Labute approximate surface area is 256 Å². The van der Waals surface area contributed by atoms with Crippen LogP contribution in [0, 0.1) is 35.4 Å². The summed E-state index contributed by atoms with van der Waals surface area (Å²) in [5.41, 5.74) is 3.58. The molecule has 0 saturated carbocycles. The number of nitriles is 1. The predicted molar refractivity (Wildman–Crippen MR) is 162 cm³/mol. The van der Waals surface area contributed by atoms with Crippen LogP contribution in [-0.2, 0) is 25.7 Å². The number of nitrogens with one attached hydrogen (secondary N) is 2. The standard InChI is InChI=1S/C32H40FN5O6/c1-19-11-12-22(26(33)13-19)17-36-27(40)25(32(20(2)39,29(35)42)37-30(43)31(3,4)5)18-44-24-10-8-9-21(15-24)14-23(16-34)28(41)38(6)7/h8-15,20,25,39H,17-18H2,1-7H3,(H2,35,42)(H,36,40)(H,37,43)/t20?,25-,32?/m0/s1. The molecule has 0 heterocycles. The number of carbonyl (C=O) groups is 4. The largest absolute Gasteiger partial charge is 0.493 e. The average Bonchev–Trinajstić information content (AvgIpc) is 2.93. The molecule has 12 heteroatoms. The van der Waals surface area contributed by atoms with Crippen LogP contribution < -0.4 is 21.1 Å². The SMILES string of the molecule is Cc1ccc(CNC(=O)[C@H](COc2cccc(C=C(C#N)C(=O)N(C)C)c2)C(NC(=O)C(C)(C)C)(C(N)=O)C(C)O)c(F)c1. The first kappa shape index (κ1) is 35.4. The van der Waals surface area contributed by atoms with Crippen LogP contribution in [0.3, 0.4) is 0 Å². The number of hydrogen-bond donors (Lipinski definition) is 4. The number of halogens is 1. The van der Waals surface area contributed by atoms with Crippen molar-refractivity contribution < 1.29 is 33.4 Å². The fraction of sp³-hybridized carbons (Fsp3) is 0.406. The molecule has 2 aromatic carbocycles. The van der Waals surface area contributed by atoms with E-state index in [1.54, 1.807) is 45.9 Å². The van der Waals surface area contributed by atoms with Gasteiger partial charge in [0, 0.05) is 31.6 Å². The summed E-state index contributed by atoms with van der Waals surface area (Å²) in [7, 11) is 3.02. The molecule has 0 spiro atoms. The fourth-order valence-electron chi connectivity index (χ4n) is 4.24. The Morgan fingerprint density at radius 1 is 1.16 bits per heavy atom. The lowest BCUT2D eigenvalue weighted by Gasteiger charge is -2.41. The molecule has 0 aliphatic heterocycles. The Kier molecular flexibility index (Phi) is 11.8. The molecule has 2 aromatic rings. The zero-order valence-electron chi connectivity index (χ0n) is 26.0. The van der Waals surface area contributed by atoms with Gasteiger partial charge in [0.05, 0.1) is 6.10 Å². The average molecular weight is 610 g/mol. The Morgan fingerprint density at radius 2 is 1.82 bits per heavy atom. The number of rotatable bonds is 12. The second-order valence-electron chi connectivity index (χ2n) is 11.7. The minimum absolute atomic E-state index is 0.125. The van der Waals surface area contributed by atoms with Crippen LogP contribution in [0.2, 0.25) is 0 Å². The molecule has 0 bridgehead atoms. The molecule has 3 atom stereocenters. The van der Waals surface area contributed by atoms with Crippen molar-refractivity contribution in [1.82, 2.24) is 15.5 Å². The maximum Gasteiger partial charge on any atom is 0.264 e. The minimum Gasteiger partial charge on any atom is -0.493 e. The number of primary amides is 1. The van der Waals surface area contributed by atoms with Gasteiger partial charge in [-0.2, -0.15) is 5.26 Å². The summed E-state index contributed by atoms with van der Waals surface area (Å²) in [5.74, 6) is -5.16. The highest BCUT2D eigenvalue weighted by atomic mass is 19.1. The highest BCUT2D eigenvalue weighted by Gasteiger charge is 2.54. The molecule has 2 unspecified atom stereocenters. The first-order valence-electron chi connectivity index (χ1n) is 13.8. The van der Waals surface area contributed by atoms with E-state index in [-0.39, 0.29) is 23.4 Å². The molecule has 0 aliphatic carbocycles. The van der Waals surface area contributed by atoms with Crippen LogP contribution in [-0.4, -0.2) is 66.0 Å². The number of ether oxygens (including phenoxy) is 1. The van der Waals surface area contributed by atoms with Crippen molar-refractivity contribution in [2.24, 2.45) is 17.1 Å². The van der Waals surface area contributed by atoms with Crippen molar-refractivity contribution in [2.45, 2.75) is 52.8 Å². The molecule has 5 N–H and O–H groups in total. The highest BCUT2D eigenvalue weighted by Crippen LogP contribution is 2.28. The van der Waals surface area contributed by atoms with Crippen molar-refractivity contribution in [2.75, 3.05) is 20.7 Å². The number of aryl methyl sites for hydroxylation is 1. The summed E-state index contributed by atoms with van der Waals surface area (Å²) in [4.78, 5) is 53.4. The van der Waals surface area contributed by atoms with E-state index >= 15 is 0 Å². The number of nitrogens with two attached hydrogens (primary N) is 1. The van der Waals surface area contributed by atoms with Crippen molar-refractivity contribution >= 4 is 29.7 Å². The first-order valence-corrected chi connectivity index (χ1v) is 13.8. The van der Waals surface area contributed by atoms with E-state index in [0.717, 1.165) is 0 Å². The van der Waals surface area contributed by atoms with Gasteiger partial charge in [-0.15, -0.1) is 0 Å². The number of hydrogen-bond acceptors (Lipinski definition) is 7. The van der Waals surface area contributed by atoms with E-state index in [4.69, 9.17) is 10.5 Å². The Hall–Kier alpha value is -4.76. The summed E-state index contributed by atoms with van der Waals surface area (Å²) in [6.45, 7) is 6.85. The molecule has 0 fully saturated rings. The second-order valence-corrected chi connectivity index (χ2v) is 11.7. The number of aliphatic hydroxyl groups is 1. The topological polar surface area (TPSA) is 175 Å². The van der Waals surface area contributed by atoms with E-state index in [9.17, 15) is 33.9 Å².